The Morgan fingerprint density at radius 2 is 1.96 bits per heavy atom. The number of hydrogen-bond donors (Lipinski definition) is 1. The number of rotatable bonds is 9. The van der Waals surface area contributed by atoms with Crippen LogP contribution in [-0.4, -0.2) is 38.6 Å². The first kappa shape index (κ1) is 19.3. The van der Waals surface area contributed by atoms with Crippen molar-refractivity contribution in [1.29, 1.82) is 0 Å². The van der Waals surface area contributed by atoms with Crippen LogP contribution in [0.2, 0.25) is 0 Å². The lowest BCUT2D eigenvalue weighted by molar-refractivity contribution is -0.122. The van der Waals surface area contributed by atoms with Gasteiger partial charge in [0.05, 0.1) is 27.3 Å². The Labute approximate surface area is 160 Å². The smallest absolute Gasteiger partial charge is 0.234 e. The maximum absolute atomic E-state index is 12.2. The topological polar surface area (TPSA) is 63.9 Å². The molecule has 1 fully saturated rings. The lowest BCUT2D eigenvalue weighted by atomic mass is 10.2. The van der Waals surface area contributed by atoms with Gasteiger partial charge >= 0.3 is 0 Å². The molecule has 0 saturated heterocycles. The normalized spacial score (nSPS) is 18.4. The molecule has 3 rings (SSSR count). The molecule has 1 saturated carbocycles. The van der Waals surface area contributed by atoms with Gasteiger partial charge in [0.25, 0.3) is 0 Å². The van der Waals surface area contributed by atoms with Gasteiger partial charge in [0.2, 0.25) is 5.91 Å². The van der Waals surface area contributed by atoms with Crippen LogP contribution in [-0.2, 0) is 17.9 Å². The molecule has 1 N–H and O–H groups in total. The number of carbonyl (C=O) groups excluding carboxylic acids is 1. The average Bonchev–Trinajstić information content (AvgIpc) is 3.21. The maximum Gasteiger partial charge on any atom is 0.234 e. The fourth-order valence-electron chi connectivity index (χ4n) is 3.21. The second-order valence-corrected chi connectivity index (χ2v) is 7.26. The Morgan fingerprint density at radius 3 is 2.63 bits per heavy atom. The molecule has 0 spiro atoms. The lowest BCUT2D eigenvalue weighted by Gasteiger charge is -2.15. The fraction of sp³-hybridized carbons (Fsp3) is 0.476. The summed E-state index contributed by atoms with van der Waals surface area (Å²) in [4.78, 5) is 14.2. The number of benzene rings is 1. The third-order valence-electron chi connectivity index (χ3n) is 4.93. The first-order chi connectivity index (χ1) is 13.0. The van der Waals surface area contributed by atoms with E-state index in [1.165, 1.54) is 6.42 Å². The summed E-state index contributed by atoms with van der Waals surface area (Å²) in [6.07, 6.45) is 1.21. The van der Waals surface area contributed by atoms with Crippen LogP contribution in [0.4, 0.5) is 0 Å². The number of carbonyl (C=O) groups is 1. The number of nitrogens with zero attached hydrogens (tertiary/aromatic N) is 1. The first-order valence-electron chi connectivity index (χ1n) is 9.25. The SMILES string of the molecule is COc1ccc(CNC(=O)CN(C)Cc2ccc([C@@H]3C[C@@H]3C)o2)cc1OC. The van der Waals surface area contributed by atoms with Gasteiger partial charge in [-0.1, -0.05) is 13.0 Å². The molecule has 0 bridgehead atoms. The predicted octanol–water partition coefficient (Wildman–Crippen LogP) is 3.17. The van der Waals surface area contributed by atoms with Crippen LogP contribution in [0.15, 0.2) is 34.7 Å². The predicted molar refractivity (Wildman–Crippen MR) is 103 cm³/mol. The van der Waals surface area contributed by atoms with E-state index in [-0.39, 0.29) is 5.91 Å². The van der Waals surface area contributed by atoms with Crippen LogP contribution in [0, 0.1) is 5.92 Å². The van der Waals surface area contributed by atoms with E-state index in [1.807, 2.05) is 36.2 Å². The molecule has 146 valence electrons. The minimum absolute atomic E-state index is 0.0325. The van der Waals surface area contributed by atoms with Gasteiger partial charge in [-0.25, -0.2) is 0 Å². The summed E-state index contributed by atoms with van der Waals surface area (Å²) >= 11 is 0. The van der Waals surface area contributed by atoms with Crippen molar-refractivity contribution in [2.24, 2.45) is 5.92 Å². The molecule has 1 aromatic heterocycles. The molecule has 2 atom stereocenters. The second kappa shape index (κ2) is 8.48. The first-order valence-corrected chi connectivity index (χ1v) is 9.25. The number of likely N-dealkylation sites (N-methyl/N-ethyl adjacent to an activating group) is 1. The molecule has 1 aromatic carbocycles. The van der Waals surface area contributed by atoms with E-state index in [4.69, 9.17) is 13.9 Å². The summed E-state index contributed by atoms with van der Waals surface area (Å²) in [6, 6.07) is 9.69. The molecule has 6 nitrogen and oxygen atoms in total. The van der Waals surface area contributed by atoms with Crippen molar-refractivity contribution >= 4 is 5.91 Å². The summed E-state index contributed by atoms with van der Waals surface area (Å²) in [7, 11) is 5.11. The summed E-state index contributed by atoms with van der Waals surface area (Å²) in [6.45, 7) is 3.60. The zero-order valence-corrected chi connectivity index (χ0v) is 16.5. The molecule has 27 heavy (non-hydrogen) atoms. The molecule has 6 heteroatoms. The summed E-state index contributed by atoms with van der Waals surface area (Å²) in [5.74, 6) is 4.57. The maximum atomic E-state index is 12.2. The number of methoxy groups -OCH3 is 2. The molecule has 1 amide bonds. The number of nitrogens with one attached hydrogen (secondary N) is 1. The van der Waals surface area contributed by atoms with Gasteiger partial charge in [0.15, 0.2) is 11.5 Å². The second-order valence-electron chi connectivity index (χ2n) is 7.26. The van der Waals surface area contributed by atoms with Crippen LogP contribution in [0.25, 0.3) is 0 Å². The molecule has 0 aliphatic heterocycles. The van der Waals surface area contributed by atoms with Crippen LogP contribution in [0.3, 0.4) is 0 Å². The van der Waals surface area contributed by atoms with Gasteiger partial charge in [0, 0.05) is 12.5 Å². The van der Waals surface area contributed by atoms with E-state index in [0.717, 1.165) is 23.0 Å². The van der Waals surface area contributed by atoms with Crippen LogP contribution >= 0.6 is 0 Å². The van der Waals surface area contributed by atoms with E-state index in [9.17, 15) is 4.79 Å². The summed E-state index contributed by atoms with van der Waals surface area (Å²) in [5.41, 5.74) is 0.956. The molecule has 0 unspecified atom stereocenters. The third kappa shape index (κ3) is 5.04. The highest BCUT2D eigenvalue weighted by Crippen LogP contribution is 2.47. The standard InChI is InChI=1S/C21H28N2O4/c1-14-9-17(14)18-8-6-16(27-18)12-23(2)13-21(24)22-11-15-5-7-19(25-3)20(10-15)26-4/h5-8,10,14,17H,9,11-13H2,1-4H3,(H,22,24)/t14-,17+/m0/s1. The van der Waals surface area contributed by atoms with Gasteiger partial charge in [-0.05, 0) is 49.2 Å². The number of hydrogen-bond acceptors (Lipinski definition) is 5. The van der Waals surface area contributed by atoms with Crippen molar-refractivity contribution in [2.45, 2.75) is 32.4 Å². The molecule has 1 heterocycles. The van der Waals surface area contributed by atoms with E-state index in [1.54, 1.807) is 14.2 Å². The van der Waals surface area contributed by atoms with Crippen molar-refractivity contribution in [2.75, 3.05) is 27.8 Å². The molecular weight excluding hydrogens is 344 g/mol. The lowest BCUT2D eigenvalue weighted by Crippen LogP contribution is -2.34. The zero-order valence-electron chi connectivity index (χ0n) is 16.5. The third-order valence-corrected chi connectivity index (χ3v) is 4.93. The van der Waals surface area contributed by atoms with Crippen molar-refractivity contribution in [1.82, 2.24) is 10.2 Å². The van der Waals surface area contributed by atoms with Gasteiger partial charge < -0.3 is 19.2 Å². The van der Waals surface area contributed by atoms with Crippen LogP contribution in [0.5, 0.6) is 11.5 Å². The van der Waals surface area contributed by atoms with E-state index in [2.05, 4.69) is 18.3 Å². The number of amides is 1. The minimum atomic E-state index is -0.0325. The summed E-state index contributed by atoms with van der Waals surface area (Å²) in [5, 5.41) is 2.94. The summed E-state index contributed by atoms with van der Waals surface area (Å²) < 4.78 is 16.4. The molecule has 1 aliphatic rings. The van der Waals surface area contributed by atoms with Crippen molar-refractivity contribution in [3.05, 3.63) is 47.4 Å². The quantitative estimate of drug-likeness (QED) is 0.732. The Morgan fingerprint density at radius 1 is 1.22 bits per heavy atom. The Hall–Kier alpha value is -2.47. The monoisotopic (exact) mass is 372 g/mol. The molecule has 1 aliphatic carbocycles. The van der Waals surface area contributed by atoms with Crippen molar-refractivity contribution in [3.8, 4) is 11.5 Å². The molecular formula is C21H28N2O4. The largest absolute Gasteiger partial charge is 0.493 e. The zero-order chi connectivity index (χ0) is 19.4. The van der Waals surface area contributed by atoms with Crippen LogP contribution < -0.4 is 14.8 Å². The Balaban J connectivity index is 1.45. The Bertz CT molecular complexity index is 786. The highest BCUT2D eigenvalue weighted by molar-refractivity contribution is 5.78. The van der Waals surface area contributed by atoms with Crippen molar-refractivity contribution < 1.29 is 18.7 Å². The molecule has 2 aromatic rings. The van der Waals surface area contributed by atoms with Gasteiger partial charge in [-0.2, -0.15) is 0 Å². The Kier molecular flexibility index (Phi) is 6.06. The van der Waals surface area contributed by atoms with Gasteiger partial charge in [-0.3, -0.25) is 9.69 Å². The minimum Gasteiger partial charge on any atom is -0.493 e. The molecule has 0 radical (unpaired) electrons. The van der Waals surface area contributed by atoms with E-state index < -0.39 is 0 Å². The number of ether oxygens (including phenoxy) is 2. The fourth-order valence-corrected chi connectivity index (χ4v) is 3.21. The average molecular weight is 372 g/mol. The van der Waals surface area contributed by atoms with Crippen molar-refractivity contribution in [3.63, 3.8) is 0 Å². The highest BCUT2D eigenvalue weighted by Gasteiger charge is 2.36. The highest BCUT2D eigenvalue weighted by atomic mass is 16.5. The van der Waals surface area contributed by atoms with Crippen LogP contribution in [0.1, 0.15) is 36.3 Å². The van der Waals surface area contributed by atoms with E-state index in [0.29, 0.717) is 37.1 Å². The number of furan rings is 1. The van der Waals surface area contributed by atoms with Gasteiger partial charge in [-0.15, -0.1) is 0 Å². The van der Waals surface area contributed by atoms with E-state index >= 15 is 0 Å². The van der Waals surface area contributed by atoms with Gasteiger partial charge in [0.1, 0.15) is 11.5 Å².